The Labute approximate surface area is 205 Å². The SMILES string of the molecule is Cc1cnc(CNC(=O)c2cc(-c3cnc(N(C)C)nc3)cn2CC2CC2)cn1.O=C(O)C(F)(F)F. The molecule has 1 fully saturated rings. The molecule has 0 atom stereocenters. The highest BCUT2D eigenvalue weighted by molar-refractivity contribution is 5.94. The number of carboxylic acids is 1. The van der Waals surface area contributed by atoms with E-state index in [1.165, 1.54) is 12.8 Å². The van der Waals surface area contributed by atoms with Crippen LogP contribution in [0.3, 0.4) is 0 Å². The first kappa shape index (κ1) is 26.6. The van der Waals surface area contributed by atoms with E-state index in [2.05, 4.69) is 25.3 Å². The quantitative estimate of drug-likeness (QED) is 0.502. The van der Waals surface area contributed by atoms with Crippen molar-refractivity contribution in [2.75, 3.05) is 19.0 Å². The molecule has 0 aliphatic heterocycles. The summed E-state index contributed by atoms with van der Waals surface area (Å²) < 4.78 is 33.8. The Morgan fingerprint density at radius 2 is 1.72 bits per heavy atom. The highest BCUT2D eigenvalue weighted by atomic mass is 19.4. The Balaban J connectivity index is 0.000000454. The fraction of sp³-hybridized carbons (Fsp3) is 0.391. The van der Waals surface area contributed by atoms with Crippen molar-refractivity contribution in [1.82, 2.24) is 29.8 Å². The minimum Gasteiger partial charge on any atom is -0.475 e. The van der Waals surface area contributed by atoms with Crippen molar-refractivity contribution in [3.63, 3.8) is 0 Å². The van der Waals surface area contributed by atoms with E-state index in [0.717, 1.165) is 29.1 Å². The van der Waals surface area contributed by atoms with Crippen LogP contribution in [-0.2, 0) is 17.9 Å². The van der Waals surface area contributed by atoms with E-state index in [4.69, 9.17) is 9.90 Å². The second kappa shape index (κ2) is 11.1. The minimum atomic E-state index is -5.08. The first-order chi connectivity index (χ1) is 16.9. The fourth-order valence-electron chi connectivity index (χ4n) is 3.06. The van der Waals surface area contributed by atoms with Gasteiger partial charge in [-0.05, 0) is 31.7 Å². The van der Waals surface area contributed by atoms with Crippen LogP contribution >= 0.6 is 0 Å². The van der Waals surface area contributed by atoms with Crippen molar-refractivity contribution in [3.05, 3.63) is 54.1 Å². The van der Waals surface area contributed by atoms with Gasteiger partial charge in [0.1, 0.15) is 5.69 Å². The van der Waals surface area contributed by atoms with Crippen LogP contribution in [0, 0.1) is 12.8 Å². The molecule has 2 N–H and O–H groups in total. The van der Waals surface area contributed by atoms with Gasteiger partial charge in [0.25, 0.3) is 5.91 Å². The summed E-state index contributed by atoms with van der Waals surface area (Å²) in [5.41, 5.74) is 4.06. The van der Waals surface area contributed by atoms with Crippen molar-refractivity contribution >= 4 is 17.8 Å². The van der Waals surface area contributed by atoms with Crippen LogP contribution < -0.4 is 10.2 Å². The molecule has 1 aliphatic rings. The standard InChI is InChI=1S/C21H25N7O.C2HF3O2/c1-14-7-23-18(10-22-14)11-24-20(29)19-6-16(13-28(19)12-15-4-5-15)17-8-25-21(26-9-17)27(2)3;3-2(4,5)1(6)7/h6-10,13,15H,4-5,11-12H2,1-3H3,(H,24,29);(H,6,7). The van der Waals surface area contributed by atoms with Gasteiger partial charge in [-0.3, -0.25) is 14.8 Å². The van der Waals surface area contributed by atoms with E-state index in [0.29, 0.717) is 24.1 Å². The number of anilines is 1. The first-order valence-electron chi connectivity index (χ1n) is 11.0. The van der Waals surface area contributed by atoms with Gasteiger partial charge in [-0.2, -0.15) is 13.2 Å². The van der Waals surface area contributed by atoms with Gasteiger partial charge in [0, 0.05) is 56.6 Å². The second-order valence-corrected chi connectivity index (χ2v) is 8.51. The van der Waals surface area contributed by atoms with Crippen molar-refractivity contribution in [3.8, 4) is 11.1 Å². The number of carbonyl (C=O) groups is 2. The number of nitrogens with zero attached hydrogens (tertiary/aromatic N) is 6. The molecule has 1 aliphatic carbocycles. The number of aliphatic carboxylic acids is 1. The topological polar surface area (TPSA) is 126 Å². The maximum absolute atomic E-state index is 12.9. The molecule has 0 unspecified atom stereocenters. The molecule has 0 aromatic carbocycles. The van der Waals surface area contributed by atoms with Gasteiger partial charge < -0.3 is 19.9 Å². The molecule has 0 radical (unpaired) electrons. The van der Waals surface area contributed by atoms with Crippen LogP contribution in [0.2, 0.25) is 0 Å². The van der Waals surface area contributed by atoms with Crippen LogP contribution in [0.25, 0.3) is 11.1 Å². The monoisotopic (exact) mass is 505 g/mol. The number of carbonyl (C=O) groups excluding carboxylic acids is 1. The van der Waals surface area contributed by atoms with Gasteiger partial charge in [-0.15, -0.1) is 0 Å². The van der Waals surface area contributed by atoms with Crippen molar-refractivity contribution in [2.24, 2.45) is 5.92 Å². The summed E-state index contributed by atoms with van der Waals surface area (Å²) in [6.07, 6.45) is 6.35. The Morgan fingerprint density at radius 3 is 2.22 bits per heavy atom. The largest absolute Gasteiger partial charge is 0.490 e. The third kappa shape index (κ3) is 7.48. The lowest BCUT2D eigenvalue weighted by Crippen LogP contribution is -2.26. The molecule has 192 valence electrons. The number of alkyl halides is 3. The first-order valence-corrected chi connectivity index (χ1v) is 11.0. The fourth-order valence-corrected chi connectivity index (χ4v) is 3.06. The summed E-state index contributed by atoms with van der Waals surface area (Å²) in [6, 6.07) is 1.91. The number of hydrogen-bond acceptors (Lipinski definition) is 7. The number of nitrogens with one attached hydrogen (secondary N) is 1. The molecule has 1 amide bonds. The highest BCUT2D eigenvalue weighted by Gasteiger charge is 2.38. The molecule has 0 saturated heterocycles. The normalized spacial score (nSPS) is 12.9. The molecule has 13 heteroatoms. The Bertz CT molecular complexity index is 1190. The van der Waals surface area contributed by atoms with Crippen LogP contribution in [0.1, 0.15) is 34.7 Å². The molecule has 0 spiro atoms. The number of hydrogen-bond donors (Lipinski definition) is 2. The minimum absolute atomic E-state index is 0.120. The van der Waals surface area contributed by atoms with Gasteiger partial charge in [-0.1, -0.05) is 0 Å². The smallest absolute Gasteiger partial charge is 0.475 e. The average molecular weight is 506 g/mol. The van der Waals surface area contributed by atoms with Crippen molar-refractivity contribution < 1.29 is 27.9 Å². The third-order valence-corrected chi connectivity index (χ3v) is 5.16. The molecule has 4 rings (SSSR count). The molecule has 36 heavy (non-hydrogen) atoms. The number of rotatable bonds is 7. The van der Waals surface area contributed by atoms with E-state index >= 15 is 0 Å². The van der Waals surface area contributed by atoms with Crippen LogP contribution in [0.4, 0.5) is 19.1 Å². The van der Waals surface area contributed by atoms with Crippen molar-refractivity contribution in [2.45, 2.75) is 39.0 Å². The Hall–Kier alpha value is -4.03. The number of carboxylic acid groups (broad SMARTS) is 1. The van der Waals surface area contributed by atoms with Gasteiger partial charge in [0.05, 0.1) is 24.1 Å². The van der Waals surface area contributed by atoms with Crippen LogP contribution in [0.15, 0.2) is 37.1 Å². The second-order valence-electron chi connectivity index (χ2n) is 8.51. The van der Waals surface area contributed by atoms with Crippen LogP contribution in [0.5, 0.6) is 0 Å². The van der Waals surface area contributed by atoms with Gasteiger partial charge in [0.15, 0.2) is 0 Å². The summed E-state index contributed by atoms with van der Waals surface area (Å²) in [5, 5.41) is 10.1. The summed E-state index contributed by atoms with van der Waals surface area (Å²) >= 11 is 0. The zero-order chi connectivity index (χ0) is 26.5. The zero-order valence-corrected chi connectivity index (χ0v) is 20.0. The summed E-state index contributed by atoms with van der Waals surface area (Å²) in [4.78, 5) is 40.9. The average Bonchev–Trinajstić information content (AvgIpc) is 3.54. The van der Waals surface area contributed by atoms with Gasteiger partial charge in [-0.25, -0.2) is 14.8 Å². The third-order valence-electron chi connectivity index (χ3n) is 5.16. The maximum Gasteiger partial charge on any atom is 0.490 e. The van der Waals surface area contributed by atoms with Gasteiger partial charge in [0.2, 0.25) is 5.95 Å². The lowest BCUT2D eigenvalue weighted by Gasteiger charge is -2.09. The number of aryl methyl sites for hydroxylation is 1. The molecule has 0 bridgehead atoms. The van der Waals surface area contributed by atoms with E-state index in [-0.39, 0.29) is 5.91 Å². The predicted molar refractivity (Wildman–Crippen MR) is 124 cm³/mol. The predicted octanol–water partition coefficient (Wildman–Crippen LogP) is 3.08. The highest BCUT2D eigenvalue weighted by Crippen LogP contribution is 2.32. The number of aromatic nitrogens is 5. The molecular weight excluding hydrogens is 479 g/mol. The van der Waals surface area contributed by atoms with E-state index in [1.807, 2.05) is 42.7 Å². The molecule has 3 heterocycles. The number of amides is 1. The number of halogens is 3. The van der Waals surface area contributed by atoms with Crippen LogP contribution in [-0.4, -0.2) is 61.8 Å². The van der Waals surface area contributed by atoms with E-state index in [9.17, 15) is 18.0 Å². The van der Waals surface area contributed by atoms with E-state index < -0.39 is 12.1 Å². The molecule has 3 aromatic rings. The Kier molecular flexibility index (Phi) is 8.22. The molecule has 10 nitrogen and oxygen atoms in total. The molecular formula is C23H26F3N7O3. The lowest BCUT2D eigenvalue weighted by molar-refractivity contribution is -0.192. The lowest BCUT2D eigenvalue weighted by atomic mass is 10.2. The molecule has 3 aromatic heterocycles. The Morgan fingerprint density at radius 1 is 1.08 bits per heavy atom. The summed E-state index contributed by atoms with van der Waals surface area (Å²) in [6.45, 7) is 3.08. The molecule has 1 saturated carbocycles. The van der Waals surface area contributed by atoms with Gasteiger partial charge >= 0.3 is 12.1 Å². The van der Waals surface area contributed by atoms with Crippen molar-refractivity contribution in [1.29, 1.82) is 0 Å². The zero-order valence-electron chi connectivity index (χ0n) is 20.0. The van der Waals surface area contributed by atoms with E-state index in [1.54, 1.807) is 24.8 Å². The summed E-state index contributed by atoms with van der Waals surface area (Å²) in [5.74, 6) is -1.57. The summed E-state index contributed by atoms with van der Waals surface area (Å²) in [7, 11) is 3.81. The maximum atomic E-state index is 12.9.